The lowest BCUT2D eigenvalue weighted by molar-refractivity contribution is -0.127. The molecule has 0 atom stereocenters. The molecule has 0 saturated carbocycles. The first-order valence-corrected chi connectivity index (χ1v) is 8.51. The number of carbonyl (C=O) groups is 2. The van der Waals surface area contributed by atoms with E-state index in [0.717, 1.165) is 56.1 Å². The highest BCUT2D eigenvalue weighted by Crippen LogP contribution is 2.22. The van der Waals surface area contributed by atoms with Gasteiger partial charge in [0.1, 0.15) is 0 Å². The third-order valence-electron chi connectivity index (χ3n) is 4.79. The Bertz CT molecular complexity index is 598. The smallest absolute Gasteiger partial charge is 0.246 e. The summed E-state index contributed by atoms with van der Waals surface area (Å²) in [6, 6.07) is 7.83. The maximum absolute atomic E-state index is 12.2. The highest BCUT2D eigenvalue weighted by atomic mass is 16.2. The molecule has 2 heterocycles. The van der Waals surface area contributed by atoms with Gasteiger partial charge in [-0.05, 0) is 49.0 Å². The second-order valence-electron chi connectivity index (χ2n) is 6.58. The molecule has 0 aromatic heterocycles. The Morgan fingerprint density at radius 2 is 1.83 bits per heavy atom. The van der Waals surface area contributed by atoms with Gasteiger partial charge >= 0.3 is 0 Å². The minimum Gasteiger partial charge on any atom is -0.339 e. The Balaban J connectivity index is 1.59. The fourth-order valence-corrected chi connectivity index (χ4v) is 3.19. The van der Waals surface area contributed by atoms with Crippen molar-refractivity contribution >= 4 is 23.6 Å². The summed E-state index contributed by atoms with van der Waals surface area (Å²) >= 11 is 0. The van der Waals surface area contributed by atoms with Crippen LogP contribution < -0.4 is 4.90 Å². The van der Waals surface area contributed by atoms with Crippen LogP contribution in [0.5, 0.6) is 0 Å². The van der Waals surface area contributed by atoms with E-state index in [0.29, 0.717) is 6.42 Å². The molecule has 2 aliphatic heterocycles. The molecule has 4 heteroatoms. The zero-order valence-corrected chi connectivity index (χ0v) is 13.7. The Kier molecular flexibility index (Phi) is 4.79. The van der Waals surface area contributed by atoms with Crippen LogP contribution in [0.25, 0.3) is 6.08 Å². The molecule has 2 fully saturated rings. The molecule has 0 bridgehead atoms. The number of piperidine rings is 1. The molecule has 0 unspecified atom stereocenters. The van der Waals surface area contributed by atoms with Crippen molar-refractivity contribution in [2.75, 3.05) is 24.5 Å². The predicted octanol–water partition coefficient (Wildman–Crippen LogP) is 3.09. The molecule has 0 aliphatic carbocycles. The lowest BCUT2D eigenvalue weighted by atomic mass is 9.99. The fourth-order valence-electron chi connectivity index (χ4n) is 3.19. The van der Waals surface area contributed by atoms with Crippen LogP contribution in [0.15, 0.2) is 30.3 Å². The molecule has 0 N–H and O–H groups in total. The second-order valence-corrected chi connectivity index (χ2v) is 6.58. The van der Waals surface area contributed by atoms with Gasteiger partial charge in [0.05, 0.1) is 0 Å². The molecule has 2 amide bonds. The van der Waals surface area contributed by atoms with Crippen LogP contribution in [0.1, 0.15) is 38.2 Å². The Morgan fingerprint density at radius 1 is 1.13 bits per heavy atom. The number of likely N-dealkylation sites (tertiary alicyclic amines) is 1. The lowest BCUT2D eigenvalue weighted by Crippen LogP contribution is -2.36. The summed E-state index contributed by atoms with van der Waals surface area (Å²) in [4.78, 5) is 27.7. The molecule has 122 valence electrons. The molecular formula is C19H24N2O2. The average Bonchev–Trinajstić information content (AvgIpc) is 3.00. The second kappa shape index (κ2) is 6.99. The normalized spacial score (nSPS) is 19.8. The van der Waals surface area contributed by atoms with E-state index in [2.05, 4.69) is 6.92 Å². The summed E-state index contributed by atoms with van der Waals surface area (Å²) in [5, 5.41) is 0. The number of rotatable bonds is 3. The lowest BCUT2D eigenvalue weighted by Gasteiger charge is -2.29. The van der Waals surface area contributed by atoms with E-state index in [1.807, 2.05) is 40.1 Å². The Hall–Kier alpha value is -2.10. The molecule has 2 aliphatic rings. The van der Waals surface area contributed by atoms with Gasteiger partial charge in [-0.3, -0.25) is 9.59 Å². The molecule has 4 nitrogen and oxygen atoms in total. The Morgan fingerprint density at radius 3 is 2.43 bits per heavy atom. The SMILES string of the molecule is CC1CCN(C(=O)C=Cc2ccc(N3CCCC3=O)cc2)CC1. The number of hydrogen-bond acceptors (Lipinski definition) is 2. The zero-order chi connectivity index (χ0) is 16.2. The van der Waals surface area contributed by atoms with E-state index in [1.54, 1.807) is 6.08 Å². The summed E-state index contributed by atoms with van der Waals surface area (Å²) in [6.07, 6.45) is 7.28. The van der Waals surface area contributed by atoms with Crippen LogP contribution in [-0.2, 0) is 9.59 Å². The average molecular weight is 312 g/mol. The van der Waals surface area contributed by atoms with Gasteiger partial charge in [-0.25, -0.2) is 0 Å². The van der Waals surface area contributed by atoms with Gasteiger partial charge in [0.25, 0.3) is 0 Å². The highest BCUT2D eigenvalue weighted by molar-refractivity contribution is 5.95. The maximum atomic E-state index is 12.2. The van der Waals surface area contributed by atoms with Gasteiger partial charge in [-0.15, -0.1) is 0 Å². The van der Waals surface area contributed by atoms with Gasteiger partial charge in [-0.2, -0.15) is 0 Å². The first-order chi connectivity index (χ1) is 11.1. The van der Waals surface area contributed by atoms with E-state index in [9.17, 15) is 9.59 Å². The van der Waals surface area contributed by atoms with E-state index in [-0.39, 0.29) is 11.8 Å². The van der Waals surface area contributed by atoms with Crippen molar-refractivity contribution in [1.29, 1.82) is 0 Å². The largest absolute Gasteiger partial charge is 0.339 e. The summed E-state index contributed by atoms with van der Waals surface area (Å²) in [7, 11) is 0. The van der Waals surface area contributed by atoms with E-state index in [4.69, 9.17) is 0 Å². The number of benzene rings is 1. The predicted molar refractivity (Wildman–Crippen MR) is 92.0 cm³/mol. The van der Waals surface area contributed by atoms with E-state index >= 15 is 0 Å². The summed E-state index contributed by atoms with van der Waals surface area (Å²) in [5.74, 6) is 1.02. The molecule has 1 aromatic rings. The molecule has 1 aromatic carbocycles. The molecule has 3 rings (SSSR count). The fraction of sp³-hybridized carbons (Fsp3) is 0.474. The summed E-state index contributed by atoms with van der Waals surface area (Å²) < 4.78 is 0. The monoisotopic (exact) mass is 312 g/mol. The van der Waals surface area contributed by atoms with Gasteiger partial charge in [0, 0.05) is 37.8 Å². The number of amides is 2. The van der Waals surface area contributed by atoms with Crippen LogP contribution in [0.4, 0.5) is 5.69 Å². The van der Waals surface area contributed by atoms with Crippen LogP contribution in [-0.4, -0.2) is 36.3 Å². The molecular weight excluding hydrogens is 288 g/mol. The van der Waals surface area contributed by atoms with Crippen molar-refractivity contribution in [3.05, 3.63) is 35.9 Å². The van der Waals surface area contributed by atoms with E-state index in [1.165, 1.54) is 0 Å². The minimum absolute atomic E-state index is 0.0932. The van der Waals surface area contributed by atoms with Gasteiger partial charge < -0.3 is 9.80 Å². The van der Waals surface area contributed by atoms with E-state index < -0.39 is 0 Å². The standard InChI is InChI=1S/C19H24N2O2/c1-15-10-13-20(14-11-15)18(22)9-6-16-4-7-17(8-5-16)21-12-2-3-19(21)23/h4-9,15H,2-3,10-14H2,1H3. The molecule has 0 radical (unpaired) electrons. The number of hydrogen-bond donors (Lipinski definition) is 0. The van der Waals surface area contributed by atoms with Crippen molar-refractivity contribution in [3.8, 4) is 0 Å². The topological polar surface area (TPSA) is 40.6 Å². The number of anilines is 1. The van der Waals surface area contributed by atoms with Crippen molar-refractivity contribution in [2.45, 2.75) is 32.6 Å². The third kappa shape index (κ3) is 3.81. The maximum Gasteiger partial charge on any atom is 0.246 e. The quantitative estimate of drug-likeness (QED) is 0.805. The number of nitrogens with zero attached hydrogens (tertiary/aromatic N) is 2. The first-order valence-electron chi connectivity index (χ1n) is 8.51. The highest BCUT2D eigenvalue weighted by Gasteiger charge is 2.21. The molecule has 0 spiro atoms. The minimum atomic E-state index is 0.0932. The zero-order valence-electron chi connectivity index (χ0n) is 13.7. The van der Waals surface area contributed by atoms with Crippen LogP contribution in [0, 0.1) is 5.92 Å². The first kappa shape index (κ1) is 15.8. The van der Waals surface area contributed by atoms with Crippen molar-refractivity contribution in [1.82, 2.24) is 4.90 Å². The molecule has 2 saturated heterocycles. The van der Waals surface area contributed by atoms with Gasteiger partial charge in [0.2, 0.25) is 11.8 Å². The summed E-state index contributed by atoms with van der Waals surface area (Å²) in [6.45, 7) is 4.77. The number of carbonyl (C=O) groups excluding carboxylic acids is 2. The van der Waals surface area contributed by atoms with Crippen LogP contribution in [0.3, 0.4) is 0 Å². The third-order valence-corrected chi connectivity index (χ3v) is 4.79. The van der Waals surface area contributed by atoms with Crippen LogP contribution >= 0.6 is 0 Å². The summed E-state index contributed by atoms with van der Waals surface area (Å²) in [5.41, 5.74) is 1.93. The van der Waals surface area contributed by atoms with Gasteiger partial charge in [-0.1, -0.05) is 19.1 Å². The van der Waals surface area contributed by atoms with Crippen molar-refractivity contribution in [3.63, 3.8) is 0 Å². The van der Waals surface area contributed by atoms with Crippen molar-refractivity contribution < 1.29 is 9.59 Å². The van der Waals surface area contributed by atoms with Crippen LogP contribution in [0.2, 0.25) is 0 Å². The van der Waals surface area contributed by atoms with Crippen molar-refractivity contribution in [2.24, 2.45) is 5.92 Å². The molecule has 23 heavy (non-hydrogen) atoms. The van der Waals surface area contributed by atoms with Gasteiger partial charge in [0.15, 0.2) is 0 Å². The Labute approximate surface area is 137 Å².